The molecule has 0 aromatic rings. The number of likely N-dealkylation sites (tertiary alicyclic amines) is 1. The van der Waals surface area contributed by atoms with Gasteiger partial charge in [0.2, 0.25) is 0 Å². The first-order valence-corrected chi connectivity index (χ1v) is 4.34. The monoisotopic (exact) mass is 158 g/mol. The van der Waals surface area contributed by atoms with Gasteiger partial charge < -0.3 is 10.8 Å². The number of hydrogen-bond donors (Lipinski definition) is 2. The molecular weight excluding hydrogens is 140 g/mol. The summed E-state index contributed by atoms with van der Waals surface area (Å²) in [4.78, 5) is 2.23. The minimum absolute atomic E-state index is 0.222. The maximum Gasteiger partial charge on any atom is 0.0639 e. The summed E-state index contributed by atoms with van der Waals surface area (Å²) in [6, 6.07) is 0.322. The number of β-amino-alcohol motifs (C(OH)–C–C–N with tert-alkyl or cyclic N) is 1. The van der Waals surface area contributed by atoms with E-state index in [1.54, 1.807) is 0 Å². The van der Waals surface area contributed by atoms with E-state index >= 15 is 0 Å². The zero-order valence-corrected chi connectivity index (χ0v) is 7.16. The van der Waals surface area contributed by atoms with Gasteiger partial charge in [0.1, 0.15) is 0 Å². The molecule has 3 nitrogen and oxygen atoms in total. The van der Waals surface area contributed by atoms with Crippen LogP contribution in [0.25, 0.3) is 0 Å². The molecule has 0 radical (unpaired) electrons. The van der Waals surface area contributed by atoms with E-state index in [1.807, 2.05) is 6.92 Å². The Kier molecular flexibility index (Phi) is 3.30. The molecule has 0 aromatic heterocycles. The fraction of sp³-hybridized carbons (Fsp3) is 1.00. The number of hydrogen-bond acceptors (Lipinski definition) is 3. The van der Waals surface area contributed by atoms with Gasteiger partial charge in [0.05, 0.1) is 6.10 Å². The molecule has 0 aliphatic carbocycles. The first-order chi connectivity index (χ1) is 5.18. The molecule has 66 valence electrons. The largest absolute Gasteiger partial charge is 0.392 e. The molecule has 3 heteroatoms. The lowest BCUT2D eigenvalue weighted by Gasteiger charge is -2.31. The van der Waals surface area contributed by atoms with Crippen LogP contribution >= 0.6 is 0 Å². The maximum absolute atomic E-state index is 9.11. The van der Waals surface area contributed by atoms with Crippen LogP contribution in [0.3, 0.4) is 0 Å². The number of piperidine rings is 1. The van der Waals surface area contributed by atoms with Crippen molar-refractivity contribution in [1.82, 2.24) is 4.90 Å². The molecule has 1 rings (SSSR count). The Morgan fingerprint density at radius 3 is 3.00 bits per heavy atom. The molecule has 1 heterocycles. The number of nitrogens with two attached hydrogens (primary N) is 1. The molecule has 1 unspecified atom stereocenters. The molecule has 0 aromatic carbocycles. The summed E-state index contributed by atoms with van der Waals surface area (Å²) in [5.74, 6) is 0. The second-order valence-electron chi connectivity index (χ2n) is 3.51. The summed E-state index contributed by atoms with van der Waals surface area (Å²) >= 11 is 0. The zero-order chi connectivity index (χ0) is 8.27. The van der Waals surface area contributed by atoms with Crippen molar-refractivity contribution in [2.75, 3.05) is 19.6 Å². The van der Waals surface area contributed by atoms with Crippen molar-refractivity contribution in [1.29, 1.82) is 0 Å². The highest BCUT2D eigenvalue weighted by atomic mass is 16.3. The molecular formula is C8H18N2O. The molecule has 1 saturated heterocycles. The summed E-state index contributed by atoms with van der Waals surface area (Å²) in [7, 11) is 0. The lowest BCUT2D eigenvalue weighted by molar-refractivity contribution is 0.108. The Balaban J connectivity index is 2.23. The minimum atomic E-state index is -0.222. The van der Waals surface area contributed by atoms with Gasteiger partial charge in [0.25, 0.3) is 0 Å². The van der Waals surface area contributed by atoms with Crippen LogP contribution in [0.4, 0.5) is 0 Å². The van der Waals surface area contributed by atoms with Crippen LogP contribution in [0.2, 0.25) is 0 Å². The van der Waals surface area contributed by atoms with E-state index in [0.29, 0.717) is 6.04 Å². The SMILES string of the molecule is CC(O)CN1CCC[C@H](N)C1. The zero-order valence-electron chi connectivity index (χ0n) is 7.16. The second-order valence-corrected chi connectivity index (χ2v) is 3.51. The maximum atomic E-state index is 9.11. The van der Waals surface area contributed by atoms with E-state index in [9.17, 15) is 0 Å². The Morgan fingerprint density at radius 2 is 2.45 bits per heavy atom. The Labute approximate surface area is 68.2 Å². The highest BCUT2D eigenvalue weighted by molar-refractivity contribution is 4.75. The van der Waals surface area contributed by atoms with Gasteiger partial charge in [-0.1, -0.05) is 0 Å². The van der Waals surface area contributed by atoms with E-state index in [2.05, 4.69) is 4.90 Å². The molecule has 0 amide bonds. The van der Waals surface area contributed by atoms with Crippen molar-refractivity contribution in [3.63, 3.8) is 0 Å². The van der Waals surface area contributed by atoms with Crippen LogP contribution in [0, 0.1) is 0 Å². The van der Waals surface area contributed by atoms with E-state index < -0.39 is 0 Å². The highest BCUT2D eigenvalue weighted by Gasteiger charge is 2.16. The summed E-state index contributed by atoms with van der Waals surface area (Å²) in [6.45, 7) is 4.64. The van der Waals surface area contributed by atoms with Crippen molar-refractivity contribution < 1.29 is 5.11 Å². The molecule has 11 heavy (non-hydrogen) atoms. The second kappa shape index (κ2) is 4.04. The fourth-order valence-electron chi connectivity index (χ4n) is 1.63. The quantitative estimate of drug-likeness (QED) is 0.584. The number of aliphatic hydroxyl groups excluding tert-OH is 1. The van der Waals surface area contributed by atoms with E-state index in [-0.39, 0.29) is 6.10 Å². The first kappa shape index (κ1) is 8.97. The highest BCUT2D eigenvalue weighted by Crippen LogP contribution is 2.07. The molecule has 1 aliphatic rings. The minimum Gasteiger partial charge on any atom is -0.392 e. The van der Waals surface area contributed by atoms with Gasteiger partial charge >= 0.3 is 0 Å². The third-order valence-electron chi connectivity index (χ3n) is 2.06. The summed E-state index contributed by atoms with van der Waals surface area (Å²) in [5.41, 5.74) is 5.78. The van der Waals surface area contributed by atoms with Crippen LogP contribution < -0.4 is 5.73 Å². The Morgan fingerprint density at radius 1 is 1.73 bits per heavy atom. The third kappa shape index (κ3) is 3.18. The first-order valence-electron chi connectivity index (χ1n) is 4.34. The molecule has 1 fully saturated rings. The van der Waals surface area contributed by atoms with Crippen LogP contribution in [0.5, 0.6) is 0 Å². The Bertz CT molecular complexity index is 115. The predicted octanol–water partition coefficient (Wildman–Crippen LogP) is -0.210. The predicted molar refractivity (Wildman–Crippen MR) is 45.3 cm³/mol. The van der Waals surface area contributed by atoms with E-state index in [4.69, 9.17) is 10.8 Å². The van der Waals surface area contributed by atoms with Gasteiger partial charge in [0.15, 0.2) is 0 Å². The number of nitrogens with zero attached hydrogens (tertiary/aromatic N) is 1. The standard InChI is InChI=1S/C8H18N2O/c1-7(11)5-10-4-2-3-8(9)6-10/h7-8,11H,2-6,9H2,1H3/t7?,8-/m0/s1. The van der Waals surface area contributed by atoms with Gasteiger partial charge in [-0.2, -0.15) is 0 Å². The van der Waals surface area contributed by atoms with Gasteiger partial charge in [-0.05, 0) is 26.3 Å². The van der Waals surface area contributed by atoms with Crippen LogP contribution in [0.15, 0.2) is 0 Å². The van der Waals surface area contributed by atoms with Gasteiger partial charge in [-0.3, -0.25) is 4.90 Å². The van der Waals surface area contributed by atoms with Gasteiger partial charge in [0, 0.05) is 19.1 Å². The van der Waals surface area contributed by atoms with Crippen molar-refractivity contribution in [2.45, 2.75) is 31.9 Å². The smallest absolute Gasteiger partial charge is 0.0639 e. The normalized spacial score (nSPS) is 30.3. The van der Waals surface area contributed by atoms with Crippen LogP contribution in [-0.4, -0.2) is 41.8 Å². The molecule has 3 N–H and O–H groups in total. The molecule has 1 aliphatic heterocycles. The van der Waals surface area contributed by atoms with E-state index in [0.717, 1.165) is 26.1 Å². The average molecular weight is 158 g/mol. The third-order valence-corrected chi connectivity index (χ3v) is 2.06. The average Bonchev–Trinajstić information content (AvgIpc) is 1.85. The van der Waals surface area contributed by atoms with Crippen molar-refractivity contribution in [3.8, 4) is 0 Å². The van der Waals surface area contributed by atoms with Gasteiger partial charge in [-0.15, -0.1) is 0 Å². The molecule has 2 atom stereocenters. The fourth-order valence-corrected chi connectivity index (χ4v) is 1.63. The Hall–Kier alpha value is -0.120. The van der Waals surface area contributed by atoms with E-state index in [1.165, 1.54) is 6.42 Å². The van der Waals surface area contributed by atoms with Crippen molar-refractivity contribution in [3.05, 3.63) is 0 Å². The lowest BCUT2D eigenvalue weighted by atomic mass is 10.1. The summed E-state index contributed by atoms with van der Waals surface area (Å²) in [6.07, 6.45) is 2.09. The summed E-state index contributed by atoms with van der Waals surface area (Å²) in [5, 5.41) is 9.11. The number of rotatable bonds is 2. The van der Waals surface area contributed by atoms with Gasteiger partial charge in [-0.25, -0.2) is 0 Å². The summed E-state index contributed by atoms with van der Waals surface area (Å²) < 4.78 is 0. The van der Waals surface area contributed by atoms with Crippen molar-refractivity contribution in [2.24, 2.45) is 5.73 Å². The molecule has 0 saturated carbocycles. The van der Waals surface area contributed by atoms with Crippen LogP contribution in [0.1, 0.15) is 19.8 Å². The molecule has 0 spiro atoms. The van der Waals surface area contributed by atoms with Crippen LogP contribution in [-0.2, 0) is 0 Å². The number of aliphatic hydroxyl groups is 1. The topological polar surface area (TPSA) is 49.5 Å². The molecule has 0 bridgehead atoms. The van der Waals surface area contributed by atoms with Crippen molar-refractivity contribution >= 4 is 0 Å². The lowest BCUT2D eigenvalue weighted by Crippen LogP contribution is -2.45.